The van der Waals surface area contributed by atoms with Crippen LogP contribution in [0.25, 0.3) is 0 Å². The third-order valence-electron chi connectivity index (χ3n) is 6.16. The van der Waals surface area contributed by atoms with Crippen LogP contribution in [0.2, 0.25) is 0 Å². The molecule has 27 heavy (non-hydrogen) atoms. The highest BCUT2D eigenvalue weighted by molar-refractivity contribution is 8.16. The zero-order valence-corrected chi connectivity index (χ0v) is 17.3. The molecule has 4 heterocycles. The first-order valence-corrected chi connectivity index (χ1v) is 11.1. The van der Waals surface area contributed by atoms with Crippen molar-refractivity contribution in [2.24, 2.45) is 16.3 Å². The number of thioether (sulfide) groups is 1. The monoisotopic (exact) mass is 390 g/mol. The second-order valence-corrected chi connectivity index (χ2v) is 9.64. The summed E-state index contributed by atoms with van der Waals surface area (Å²) in [5.74, 6) is 1.02. The topological polar surface area (TPSA) is 56.2 Å². The van der Waals surface area contributed by atoms with Gasteiger partial charge in [0.25, 0.3) is 0 Å². The highest BCUT2D eigenvalue weighted by Crippen LogP contribution is 2.41. The number of amidine groups is 1. The molecule has 0 unspecified atom stereocenters. The number of likely N-dealkylation sites (tertiary alicyclic amines) is 2. The standard InChI is InChI=1S/C20H30N4O2S/c1-15(2)12-23-14-20(11-18(23)26)4-8-22(9-5-20)17(25)10-16-13-27-19-21-6-3-7-24(16)19/h13,15H,3-12,14H2,1-2H3. The molecule has 148 valence electrons. The van der Waals surface area contributed by atoms with Gasteiger partial charge in [-0.15, -0.1) is 0 Å². The van der Waals surface area contributed by atoms with Crippen LogP contribution in [0.5, 0.6) is 0 Å². The molecule has 0 N–H and O–H groups in total. The number of amides is 2. The third kappa shape index (κ3) is 3.89. The highest BCUT2D eigenvalue weighted by atomic mass is 32.2. The van der Waals surface area contributed by atoms with E-state index in [-0.39, 0.29) is 11.3 Å². The van der Waals surface area contributed by atoms with Gasteiger partial charge in [0.1, 0.15) is 0 Å². The van der Waals surface area contributed by atoms with Crippen LogP contribution in [0, 0.1) is 11.3 Å². The third-order valence-corrected chi connectivity index (χ3v) is 7.11. The lowest BCUT2D eigenvalue weighted by Crippen LogP contribution is -2.45. The smallest absolute Gasteiger partial charge is 0.228 e. The quantitative estimate of drug-likeness (QED) is 0.740. The summed E-state index contributed by atoms with van der Waals surface area (Å²) in [5, 5.41) is 3.14. The summed E-state index contributed by atoms with van der Waals surface area (Å²) in [7, 11) is 0. The Labute approximate surface area is 166 Å². The number of fused-ring (bicyclic) bond motifs is 1. The molecular weight excluding hydrogens is 360 g/mol. The summed E-state index contributed by atoms with van der Waals surface area (Å²) in [6.45, 7) is 9.49. The van der Waals surface area contributed by atoms with Crippen molar-refractivity contribution in [2.45, 2.75) is 46.0 Å². The van der Waals surface area contributed by atoms with Crippen LogP contribution in [0.1, 0.15) is 46.0 Å². The fourth-order valence-electron chi connectivity index (χ4n) is 4.69. The van der Waals surface area contributed by atoms with Crippen molar-refractivity contribution in [3.8, 4) is 0 Å². The van der Waals surface area contributed by atoms with Gasteiger partial charge < -0.3 is 14.7 Å². The van der Waals surface area contributed by atoms with Crippen molar-refractivity contribution in [1.29, 1.82) is 0 Å². The van der Waals surface area contributed by atoms with Gasteiger partial charge in [-0.25, -0.2) is 0 Å². The molecule has 0 aromatic heterocycles. The van der Waals surface area contributed by atoms with Gasteiger partial charge in [0.05, 0.1) is 6.42 Å². The number of carbonyl (C=O) groups excluding carboxylic acids is 2. The Hall–Kier alpha value is -1.50. The molecule has 4 rings (SSSR count). The molecule has 0 atom stereocenters. The summed E-state index contributed by atoms with van der Waals surface area (Å²) in [5.41, 5.74) is 1.20. The number of nitrogens with zero attached hydrogens (tertiary/aromatic N) is 4. The Morgan fingerprint density at radius 1 is 1.30 bits per heavy atom. The van der Waals surface area contributed by atoms with E-state index in [0.717, 1.165) is 69.4 Å². The van der Waals surface area contributed by atoms with Gasteiger partial charge in [-0.2, -0.15) is 0 Å². The van der Waals surface area contributed by atoms with E-state index < -0.39 is 0 Å². The Kier molecular flexibility index (Phi) is 5.23. The van der Waals surface area contributed by atoms with Gasteiger partial charge in [-0.1, -0.05) is 25.6 Å². The van der Waals surface area contributed by atoms with Crippen LogP contribution in [0.15, 0.2) is 16.1 Å². The first kappa shape index (κ1) is 18.8. The normalized spacial score (nSPS) is 24.6. The Balaban J connectivity index is 1.31. The highest BCUT2D eigenvalue weighted by Gasteiger charge is 2.45. The molecule has 2 amide bonds. The van der Waals surface area contributed by atoms with Crippen LogP contribution in [0.4, 0.5) is 0 Å². The van der Waals surface area contributed by atoms with Crippen molar-refractivity contribution in [3.05, 3.63) is 11.1 Å². The van der Waals surface area contributed by atoms with Gasteiger partial charge >= 0.3 is 0 Å². The summed E-state index contributed by atoms with van der Waals surface area (Å²) in [6, 6.07) is 0. The van der Waals surface area contributed by atoms with Gasteiger partial charge in [0, 0.05) is 56.8 Å². The van der Waals surface area contributed by atoms with Crippen LogP contribution >= 0.6 is 11.8 Å². The molecule has 4 aliphatic heterocycles. The molecule has 1 spiro atoms. The average molecular weight is 391 g/mol. The Morgan fingerprint density at radius 3 is 2.81 bits per heavy atom. The van der Waals surface area contributed by atoms with Crippen molar-refractivity contribution in [2.75, 3.05) is 39.3 Å². The van der Waals surface area contributed by atoms with Gasteiger partial charge in [0.15, 0.2) is 5.17 Å². The minimum Gasteiger partial charge on any atom is -0.342 e. The lowest BCUT2D eigenvalue weighted by atomic mass is 9.77. The van der Waals surface area contributed by atoms with E-state index >= 15 is 0 Å². The summed E-state index contributed by atoms with van der Waals surface area (Å²) in [4.78, 5) is 36.0. The molecule has 0 bridgehead atoms. The predicted octanol–water partition coefficient (Wildman–Crippen LogP) is 2.52. The molecule has 0 radical (unpaired) electrons. The molecular formula is C20H30N4O2S. The van der Waals surface area contributed by atoms with Crippen LogP contribution in [-0.4, -0.2) is 71.0 Å². The van der Waals surface area contributed by atoms with E-state index in [1.807, 2.05) is 9.80 Å². The molecule has 0 aromatic carbocycles. The predicted molar refractivity (Wildman–Crippen MR) is 108 cm³/mol. The number of carbonyl (C=O) groups is 2. The van der Waals surface area contributed by atoms with Gasteiger partial charge in [-0.3, -0.25) is 14.6 Å². The lowest BCUT2D eigenvalue weighted by molar-refractivity contribution is -0.132. The number of hydrogen-bond acceptors (Lipinski definition) is 5. The summed E-state index contributed by atoms with van der Waals surface area (Å²) in [6.07, 6.45) is 4.09. The molecule has 6 nitrogen and oxygen atoms in total. The first-order chi connectivity index (χ1) is 13.0. The Morgan fingerprint density at radius 2 is 2.07 bits per heavy atom. The van der Waals surface area contributed by atoms with Crippen molar-refractivity contribution in [1.82, 2.24) is 14.7 Å². The van der Waals surface area contributed by atoms with Crippen molar-refractivity contribution in [3.63, 3.8) is 0 Å². The maximum Gasteiger partial charge on any atom is 0.228 e. The molecule has 2 saturated heterocycles. The number of hydrogen-bond donors (Lipinski definition) is 0. The second-order valence-electron chi connectivity index (χ2n) is 8.80. The minimum atomic E-state index is 0.0952. The minimum absolute atomic E-state index is 0.0952. The van der Waals surface area contributed by atoms with E-state index in [4.69, 9.17) is 0 Å². The number of aliphatic imine (C=N–C) groups is 1. The van der Waals surface area contributed by atoms with Crippen LogP contribution < -0.4 is 0 Å². The zero-order valence-electron chi connectivity index (χ0n) is 16.4. The molecule has 0 aliphatic carbocycles. The van der Waals surface area contributed by atoms with Crippen molar-refractivity contribution >= 4 is 28.7 Å². The summed E-state index contributed by atoms with van der Waals surface area (Å²) < 4.78 is 0. The van der Waals surface area contributed by atoms with Crippen LogP contribution in [-0.2, 0) is 9.59 Å². The number of rotatable bonds is 4. The van der Waals surface area contributed by atoms with E-state index in [1.165, 1.54) is 0 Å². The first-order valence-electron chi connectivity index (χ1n) is 10.2. The Bertz CT molecular complexity index is 679. The van der Waals surface area contributed by atoms with E-state index in [9.17, 15) is 9.59 Å². The van der Waals surface area contributed by atoms with Crippen molar-refractivity contribution < 1.29 is 9.59 Å². The maximum atomic E-state index is 12.8. The van der Waals surface area contributed by atoms with Gasteiger partial charge in [-0.05, 0) is 30.6 Å². The average Bonchev–Trinajstić information content (AvgIpc) is 3.17. The largest absolute Gasteiger partial charge is 0.342 e. The molecule has 2 fully saturated rings. The van der Waals surface area contributed by atoms with E-state index in [1.54, 1.807) is 11.8 Å². The van der Waals surface area contributed by atoms with Crippen LogP contribution in [0.3, 0.4) is 0 Å². The fraction of sp³-hybridized carbons (Fsp3) is 0.750. The van der Waals surface area contributed by atoms with Gasteiger partial charge in [0.2, 0.25) is 11.8 Å². The fourth-order valence-corrected chi connectivity index (χ4v) is 5.65. The molecule has 0 saturated carbocycles. The molecule has 7 heteroatoms. The molecule has 0 aromatic rings. The number of piperidine rings is 1. The molecule has 4 aliphatic rings. The SMILES string of the molecule is CC(C)CN1CC2(CCN(C(=O)CC3=CSC4=NCCCN34)CC2)CC1=O. The van der Waals surface area contributed by atoms with E-state index in [2.05, 4.69) is 29.1 Å². The summed E-state index contributed by atoms with van der Waals surface area (Å²) >= 11 is 1.64. The second kappa shape index (κ2) is 7.49. The van der Waals surface area contributed by atoms with E-state index in [0.29, 0.717) is 24.7 Å². The zero-order chi connectivity index (χ0) is 19.0. The lowest BCUT2D eigenvalue weighted by Gasteiger charge is -2.39. The maximum absolute atomic E-state index is 12.8.